The van der Waals surface area contributed by atoms with Crippen LogP contribution >= 0.6 is 0 Å². The minimum absolute atomic E-state index is 0.380. The topological polar surface area (TPSA) is 34.0 Å². The summed E-state index contributed by atoms with van der Waals surface area (Å²) in [6.07, 6.45) is -4.46. The minimum Gasteiger partial charge on any atom is -0.348 e. The molecule has 3 rings (SSSR count). The van der Waals surface area contributed by atoms with Gasteiger partial charge in [-0.3, -0.25) is 4.79 Å². The van der Waals surface area contributed by atoms with E-state index >= 15 is 0 Å². The molecule has 0 spiro atoms. The van der Waals surface area contributed by atoms with Crippen molar-refractivity contribution in [1.29, 1.82) is 0 Å². The number of aromatic nitrogens is 1. The van der Waals surface area contributed by atoms with Crippen molar-refractivity contribution >= 4 is 22.5 Å². The van der Waals surface area contributed by atoms with E-state index in [1.165, 1.54) is 30.3 Å². The second kappa shape index (κ2) is 6.72. The molecule has 1 heterocycles. The normalized spacial score (nSPS) is 13.0. The van der Waals surface area contributed by atoms with Crippen LogP contribution in [0.25, 0.3) is 10.9 Å². The van der Waals surface area contributed by atoms with E-state index in [1.54, 1.807) is 25.5 Å². The van der Waals surface area contributed by atoms with Crippen molar-refractivity contribution in [1.82, 2.24) is 4.57 Å². The molecule has 0 bridgehead atoms. The van der Waals surface area contributed by atoms with Crippen molar-refractivity contribution in [3.05, 3.63) is 65.1 Å². The molecule has 0 saturated heterocycles. The Bertz CT molecular complexity index is 1000. The summed E-state index contributed by atoms with van der Waals surface area (Å²) in [5.74, 6) is -1.50. The van der Waals surface area contributed by atoms with Crippen molar-refractivity contribution < 1.29 is 22.4 Å². The Morgan fingerprint density at radius 3 is 2.33 bits per heavy atom. The van der Waals surface area contributed by atoms with Crippen LogP contribution in [0.5, 0.6) is 0 Å². The zero-order valence-corrected chi connectivity index (χ0v) is 15.0. The average Bonchev–Trinajstić information content (AvgIpc) is 2.86. The smallest absolute Gasteiger partial charge is 0.348 e. The van der Waals surface area contributed by atoms with Crippen LogP contribution in [0.1, 0.15) is 29.7 Å². The number of carbonyl (C=O) groups is 1. The summed E-state index contributed by atoms with van der Waals surface area (Å²) in [6, 6.07) is 8.83. The molecule has 0 aliphatic carbocycles. The van der Waals surface area contributed by atoms with E-state index in [0.717, 1.165) is 12.1 Å². The third-order valence-electron chi connectivity index (χ3n) is 4.81. The first kappa shape index (κ1) is 18.9. The average molecular weight is 378 g/mol. The Kier molecular flexibility index (Phi) is 4.71. The van der Waals surface area contributed by atoms with E-state index in [9.17, 15) is 22.4 Å². The predicted molar refractivity (Wildman–Crippen MR) is 96.1 cm³/mol. The highest BCUT2D eigenvalue weighted by Gasteiger charge is 2.32. The van der Waals surface area contributed by atoms with E-state index in [4.69, 9.17) is 0 Å². The molecule has 7 heteroatoms. The van der Waals surface area contributed by atoms with Gasteiger partial charge in [0.15, 0.2) is 0 Å². The molecule has 1 atom stereocenters. The summed E-state index contributed by atoms with van der Waals surface area (Å²) < 4.78 is 54.1. The number of carbonyl (C=O) groups excluding carboxylic acids is 1. The predicted octanol–water partition coefficient (Wildman–Crippen LogP) is 5.39. The van der Waals surface area contributed by atoms with Gasteiger partial charge in [0.25, 0.3) is 0 Å². The van der Waals surface area contributed by atoms with Gasteiger partial charge in [0, 0.05) is 29.3 Å². The minimum atomic E-state index is -4.46. The number of alkyl halides is 3. The lowest BCUT2D eigenvalue weighted by molar-refractivity contribution is -0.137. The molecule has 1 aromatic heterocycles. The van der Waals surface area contributed by atoms with Crippen molar-refractivity contribution in [2.45, 2.75) is 25.9 Å². The third kappa shape index (κ3) is 3.54. The zero-order chi connectivity index (χ0) is 19.9. The van der Waals surface area contributed by atoms with Crippen molar-refractivity contribution in [2.24, 2.45) is 7.05 Å². The second-order valence-electron chi connectivity index (χ2n) is 6.51. The summed E-state index contributed by atoms with van der Waals surface area (Å²) in [5, 5.41) is 3.07. The van der Waals surface area contributed by atoms with Gasteiger partial charge in [-0.05, 0) is 61.9 Å². The number of rotatable bonds is 3. The monoisotopic (exact) mass is 378 g/mol. The number of nitrogens with one attached hydrogen (secondary N) is 1. The Morgan fingerprint density at radius 1 is 1.11 bits per heavy atom. The standard InChI is InChI=1S/C20H18F4N2O/c1-11(19(27)25-15-7-5-14(21)6-8-15)18-12(2)26(3)17-9-4-13(10-16(17)18)20(22,23)24/h4-11H,1-3H3,(H,25,27). The van der Waals surface area contributed by atoms with Gasteiger partial charge in [0.1, 0.15) is 5.82 Å². The van der Waals surface area contributed by atoms with Crippen LogP contribution in [0, 0.1) is 12.7 Å². The molecule has 142 valence electrons. The van der Waals surface area contributed by atoms with Crippen LogP contribution in [0.4, 0.5) is 23.2 Å². The first-order valence-corrected chi connectivity index (χ1v) is 8.32. The van der Waals surface area contributed by atoms with E-state index in [1.807, 2.05) is 0 Å². The molecule has 0 aliphatic rings. The van der Waals surface area contributed by atoms with Gasteiger partial charge in [-0.2, -0.15) is 13.2 Å². The summed E-state index contributed by atoms with van der Waals surface area (Å²) in [7, 11) is 1.75. The van der Waals surface area contributed by atoms with E-state index < -0.39 is 23.5 Å². The van der Waals surface area contributed by atoms with Crippen LogP contribution in [-0.2, 0) is 18.0 Å². The first-order chi connectivity index (χ1) is 12.6. The lowest BCUT2D eigenvalue weighted by Gasteiger charge is -2.14. The molecule has 3 nitrogen and oxygen atoms in total. The van der Waals surface area contributed by atoms with Gasteiger partial charge in [-0.15, -0.1) is 0 Å². The molecule has 2 aromatic carbocycles. The summed E-state index contributed by atoms with van der Waals surface area (Å²) in [4.78, 5) is 12.6. The van der Waals surface area contributed by atoms with E-state index in [-0.39, 0.29) is 5.91 Å². The molecule has 3 aromatic rings. The molecule has 1 amide bonds. The maximum atomic E-state index is 13.1. The quantitative estimate of drug-likeness (QED) is 0.610. The van der Waals surface area contributed by atoms with Crippen molar-refractivity contribution in [3.63, 3.8) is 0 Å². The zero-order valence-electron chi connectivity index (χ0n) is 15.0. The number of anilines is 1. The molecule has 0 aliphatic heterocycles. The van der Waals surface area contributed by atoms with Crippen molar-refractivity contribution in [3.8, 4) is 0 Å². The molecule has 0 radical (unpaired) electrons. The number of hydrogen-bond donors (Lipinski definition) is 1. The lowest BCUT2D eigenvalue weighted by atomic mass is 9.96. The highest BCUT2D eigenvalue weighted by Crippen LogP contribution is 2.36. The van der Waals surface area contributed by atoms with Gasteiger partial charge >= 0.3 is 6.18 Å². The molecule has 1 N–H and O–H groups in total. The molecule has 0 fully saturated rings. The maximum absolute atomic E-state index is 13.1. The molecular formula is C20H18F4N2O. The van der Waals surface area contributed by atoms with E-state index in [2.05, 4.69) is 5.32 Å². The number of fused-ring (bicyclic) bond motifs is 1. The number of amides is 1. The SMILES string of the molecule is Cc1c(C(C)C(=O)Nc2ccc(F)cc2)c2cc(C(F)(F)F)ccc2n1C. The summed E-state index contributed by atoms with van der Waals surface area (Å²) in [5.41, 5.74) is 1.54. The number of benzene rings is 2. The van der Waals surface area contributed by atoms with Gasteiger partial charge in [-0.25, -0.2) is 4.39 Å². The van der Waals surface area contributed by atoms with Crippen LogP contribution < -0.4 is 5.32 Å². The Balaban J connectivity index is 2.02. The Morgan fingerprint density at radius 2 is 1.74 bits per heavy atom. The van der Waals surface area contributed by atoms with Gasteiger partial charge in [0.05, 0.1) is 11.5 Å². The summed E-state index contributed by atoms with van der Waals surface area (Å²) in [6.45, 7) is 3.41. The fourth-order valence-corrected chi connectivity index (χ4v) is 3.24. The number of hydrogen-bond acceptors (Lipinski definition) is 1. The molecular weight excluding hydrogens is 360 g/mol. The number of nitrogens with zero attached hydrogens (tertiary/aromatic N) is 1. The maximum Gasteiger partial charge on any atom is 0.416 e. The van der Waals surface area contributed by atoms with Gasteiger partial charge in [-0.1, -0.05) is 0 Å². The fraction of sp³-hybridized carbons (Fsp3) is 0.250. The van der Waals surface area contributed by atoms with Gasteiger partial charge < -0.3 is 9.88 Å². The Hall–Kier alpha value is -2.83. The van der Waals surface area contributed by atoms with Crippen molar-refractivity contribution in [2.75, 3.05) is 5.32 Å². The van der Waals surface area contributed by atoms with Crippen LogP contribution in [-0.4, -0.2) is 10.5 Å². The fourth-order valence-electron chi connectivity index (χ4n) is 3.24. The lowest BCUT2D eigenvalue weighted by Crippen LogP contribution is -2.19. The largest absolute Gasteiger partial charge is 0.416 e. The molecule has 0 saturated carbocycles. The van der Waals surface area contributed by atoms with Crippen LogP contribution in [0.15, 0.2) is 42.5 Å². The molecule has 27 heavy (non-hydrogen) atoms. The highest BCUT2D eigenvalue weighted by atomic mass is 19.4. The van der Waals surface area contributed by atoms with Crippen LogP contribution in [0.2, 0.25) is 0 Å². The number of halogens is 4. The highest BCUT2D eigenvalue weighted by molar-refractivity contribution is 5.99. The first-order valence-electron chi connectivity index (χ1n) is 8.32. The second-order valence-corrected chi connectivity index (χ2v) is 6.51. The Labute approximate surface area is 153 Å². The third-order valence-corrected chi connectivity index (χ3v) is 4.81. The molecule has 1 unspecified atom stereocenters. The van der Waals surface area contributed by atoms with Gasteiger partial charge in [0.2, 0.25) is 5.91 Å². The van der Waals surface area contributed by atoms with E-state index in [0.29, 0.717) is 27.8 Å². The summed E-state index contributed by atoms with van der Waals surface area (Å²) >= 11 is 0. The van der Waals surface area contributed by atoms with Crippen LogP contribution in [0.3, 0.4) is 0 Å². The number of aryl methyl sites for hydroxylation is 1.